The summed E-state index contributed by atoms with van der Waals surface area (Å²) in [5.41, 5.74) is 2.01. The number of hydrogen-bond donors (Lipinski definition) is 1. The van der Waals surface area contributed by atoms with Gasteiger partial charge in [0.15, 0.2) is 18.1 Å². The van der Waals surface area contributed by atoms with Crippen molar-refractivity contribution in [2.75, 3.05) is 19.0 Å². The first-order valence-corrected chi connectivity index (χ1v) is 12.7. The molecule has 0 aliphatic carbocycles. The lowest BCUT2D eigenvalue weighted by Crippen LogP contribution is -2.27. The van der Waals surface area contributed by atoms with Crippen LogP contribution in [0.1, 0.15) is 11.1 Å². The van der Waals surface area contributed by atoms with Gasteiger partial charge in [0.1, 0.15) is 0 Å². The van der Waals surface area contributed by atoms with E-state index in [1.54, 1.807) is 30.3 Å². The van der Waals surface area contributed by atoms with E-state index in [0.717, 1.165) is 21.8 Å². The Bertz CT molecular complexity index is 1350. The second kappa shape index (κ2) is 11.6. The fourth-order valence-corrected chi connectivity index (χ4v) is 4.93. The van der Waals surface area contributed by atoms with E-state index in [-0.39, 0.29) is 45.7 Å². The maximum atomic E-state index is 12.9. The van der Waals surface area contributed by atoms with E-state index in [1.807, 2.05) is 42.5 Å². The van der Waals surface area contributed by atoms with E-state index in [1.165, 1.54) is 12.0 Å². The molecule has 1 N–H and O–H groups in total. The lowest BCUT2D eigenvalue weighted by Gasteiger charge is -2.14. The topological polar surface area (TPSA) is 84.9 Å². The summed E-state index contributed by atoms with van der Waals surface area (Å²) in [7, 11) is 1.44. The molecular formula is C26H20BrClN2O5S. The van der Waals surface area contributed by atoms with Crippen LogP contribution in [0.4, 0.5) is 10.5 Å². The highest BCUT2D eigenvalue weighted by Crippen LogP contribution is 2.39. The van der Waals surface area contributed by atoms with Crippen LogP contribution in [0.2, 0.25) is 5.02 Å². The molecule has 184 valence electrons. The third-order valence-electron chi connectivity index (χ3n) is 5.11. The van der Waals surface area contributed by atoms with Crippen LogP contribution in [0.25, 0.3) is 6.08 Å². The number of anilines is 1. The molecule has 0 radical (unpaired) electrons. The van der Waals surface area contributed by atoms with Gasteiger partial charge in [-0.05, 0) is 59.3 Å². The molecule has 36 heavy (non-hydrogen) atoms. The summed E-state index contributed by atoms with van der Waals surface area (Å²) < 4.78 is 11.8. The van der Waals surface area contributed by atoms with E-state index in [0.29, 0.717) is 11.3 Å². The van der Waals surface area contributed by atoms with Gasteiger partial charge in [0.25, 0.3) is 17.1 Å². The fourth-order valence-electron chi connectivity index (χ4n) is 3.40. The number of carbonyl (C=O) groups excluding carboxylic acids is 3. The van der Waals surface area contributed by atoms with Gasteiger partial charge in [-0.15, -0.1) is 0 Å². The number of imide groups is 1. The molecule has 0 unspecified atom stereocenters. The molecule has 1 aliphatic rings. The SMILES string of the molecule is COc1cc(/C=C2\SC(=O)N(Cc3ccccc3Br)C2=O)cc(Cl)c1OCC(=O)Nc1ccccc1. The molecule has 1 fully saturated rings. The highest BCUT2D eigenvalue weighted by molar-refractivity contribution is 9.10. The van der Waals surface area contributed by atoms with Crippen molar-refractivity contribution >= 4 is 68.1 Å². The first-order chi connectivity index (χ1) is 17.4. The Kier molecular flexibility index (Phi) is 8.35. The zero-order valence-corrected chi connectivity index (χ0v) is 22.2. The minimum atomic E-state index is -0.395. The van der Waals surface area contributed by atoms with Crippen molar-refractivity contribution in [1.82, 2.24) is 4.90 Å². The van der Waals surface area contributed by atoms with Gasteiger partial charge in [0.05, 0.1) is 23.6 Å². The largest absolute Gasteiger partial charge is 0.493 e. The smallest absolute Gasteiger partial charge is 0.293 e. The zero-order valence-electron chi connectivity index (χ0n) is 19.0. The van der Waals surface area contributed by atoms with E-state index >= 15 is 0 Å². The van der Waals surface area contributed by atoms with Crippen LogP contribution in [-0.4, -0.2) is 35.7 Å². The Morgan fingerprint density at radius 1 is 1.11 bits per heavy atom. The van der Waals surface area contributed by atoms with Gasteiger partial charge in [-0.25, -0.2) is 0 Å². The molecule has 0 bridgehead atoms. The lowest BCUT2D eigenvalue weighted by atomic mass is 10.1. The summed E-state index contributed by atoms with van der Waals surface area (Å²) >= 11 is 10.7. The van der Waals surface area contributed by atoms with E-state index < -0.39 is 5.91 Å². The Morgan fingerprint density at radius 2 is 1.83 bits per heavy atom. The van der Waals surface area contributed by atoms with Gasteiger partial charge in [0.2, 0.25) is 0 Å². The number of hydrogen-bond acceptors (Lipinski definition) is 6. The molecule has 1 aliphatic heterocycles. The van der Waals surface area contributed by atoms with Gasteiger partial charge in [-0.1, -0.05) is 63.9 Å². The van der Waals surface area contributed by atoms with Gasteiger partial charge in [-0.3, -0.25) is 19.3 Å². The molecule has 3 aromatic carbocycles. The number of carbonyl (C=O) groups is 3. The maximum Gasteiger partial charge on any atom is 0.293 e. The predicted molar refractivity (Wildman–Crippen MR) is 144 cm³/mol. The summed E-state index contributed by atoms with van der Waals surface area (Å²) in [6.45, 7) is -0.121. The van der Waals surface area contributed by atoms with Crippen molar-refractivity contribution in [2.24, 2.45) is 0 Å². The number of para-hydroxylation sites is 1. The second-order valence-electron chi connectivity index (χ2n) is 7.60. The number of halogens is 2. The lowest BCUT2D eigenvalue weighted by molar-refractivity contribution is -0.123. The van der Waals surface area contributed by atoms with Gasteiger partial charge in [0, 0.05) is 10.2 Å². The number of ether oxygens (including phenoxy) is 2. The molecule has 0 aromatic heterocycles. The quantitative estimate of drug-likeness (QED) is 0.309. The summed E-state index contributed by atoms with van der Waals surface area (Å²) in [4.78, 5) is 39.2. The Hall–Kier alpha value is -3.27. The first kappa shape index (κ1) is 25.8. The fraction of sp³-hybridized carbons (Fsp3) is 0.115. The third kappa shape index (κ3) is 6.10. The predicted octanol–water partition coefficient (Wildman–Crippen LogP) is 6.37. The van der Waals surface area contributed by atoms with Crippen molar-refractivity contribution in [3.8, 4) is 11.5 Å². The minimum Gasteiger partial charge on any atom is -0.493 e. The highest BCUT2D eigenvalue weighted by Gasteiger charge is 2.35. The minimum absolute atomic E-state index is 0.158. The highest BCUT2D eigenvalue weighted by atomic mass is 79.9. The Morgan fingerprint density at radius 3 is 2.56 bits per heavy atom. The average Bonchev–Trinajstić information content (AvgIpc) is 3.12. The van der Waals surface area contributed by atoms with Crippen LogP contribution in [0.3, 0.4) is 0 Å². The molecule has 3 amide bonds. The first-order valence-electron chi connectivity index (χ1n) is 10.7. The van der Waals surface area contributed by atoms with Gasteiger partial charge < -0.3 is 14.8 Å². The van der Waals surface area contributed by atoms with Crippen molar-refractivity contribution in [2.45, 2.75) is 6.54 Å². The average molecular weight is 588 g/mol. The van der Waals surface area contributed by atoms with Crippen LogP contribution >= 0.6 is 39.3 Å². The molecule has 1 heterocycles. The second-order valence-corrected chi connectivity index (χ2v) is 9.85. The maximum absolute atomic E-state index is 12.9. The van der Waals surface area contributed by atoms with Crippen LogP contribution in [0.5, 0.6) is 11.5 Å². The number of rotatable bonds is 8. The van der Waals surface area contributed by atoms with E-state index in [4.69, 9.17) is 21.1 Å². The van der Waals surface area contributed by atoms with Crippen molar-refractivity contribution in [3.63, 3.8) is 0 Å². The van der Waals surface area contributed by atoms with E-state index in [2.05, 4.69) is 21.2 Å². The van der Waals surface area contributed by atoms with Crippen molar-refractivity contribution < 1.29 is 23.9 Å². The number of nitrogens with one attached hydrogen (secondary N) is 1. The van der Waals surface area contributed by atoms with Crippen LogP contribution in [0.15, 0.2) is 76.1 Å². The third-order valence-corrected chi connectivity index (χ3v) is 7.08. The molecule has 4 rings (SSSR count). The molecular weight excluding hydrogens is 568 g/mol. The van der Waals surface area contributed by atoms with Crippen molar-refractivity contribution in [3.05, 3.63) is 92.3 Å². The molecule has 0 saturated carbocycles. The molecule has 0 spiro atoms. The Labute approximate surface area is 225 Å². The number of benzene rings is 3. The summed E-state index contributed by atoms with van der Waals surface area (Å²) in [5.74, 6) is -0.272. The standard InChI is InChI=1S/C26H20BrClN2O5S/c1-34-21-12-16(11-20(28)24(21)35-15-23(31)29-18-8-3-2-4-9-18)13-22-25(32)30(26(33)36-22)14-17-7-5-6-10-19(17)27/h2-13H,14-15H2,1H3,(H,29,31)/b22-13-. The normalized spacial score (nSPS) is 14.3. The number of methoxy groups -OCH3 is 1. The summed E-state index contributed by atoms with van der Waals surface area (Å²) in [5, 5.41) is 2.56. The van der Waals surface area contributed by atoms with Crippen LogP contribution in [0, 0.1) is 0 Å². The van der Waals surface area contributed by atoms with E-state index in [9.17, 15) is 14.4 Å². The molecule has 10 heteroatoms. The molecule has 1 saturated heterocycles. The van der Waals surface area contributed by atoms with Crippen LogP contribution < -0.4 is 14.8 Å². The molecule has 0 atom stereocenters. The van der Waals surface area contributed by atoms with Gasteiger partial charge >= 0.3 is 0 Å². The Balaban J connectivity index is 1.48. The van der Waals surface area contributed by atoms with Gasteiger partial charge in [-0.2, -0.15) is 0 Å². The number of thioether (sulfide) groups is 1. The zero-order chi connectivity index (χ0) is 25.7. The van der Waals surface area contributed by atoms with Crippen LogP contribution in [-0.2, 0) is 16.1 Å². The monoisotopic (exact) mass is 586 g/mol. The summed E-state index contributed by atoms with van der Waals surface area (Å²) in [6.07, 6.45) is 1.57. The van der Waals surface area contributed by atoms with Crippen molar-refractivity contribution in [1.29, 1.82) is 0 Å². The number of nitrogens with zero attached hydrogens (tertiary/aromatic N) is 1. The number of amides is 3. The molecule has 3 aromatic rings. The molecule has 7 nitrogen and oxygen atoms in total. The summed E-state index contributed by atoms with van der Waals surface area (Å²) in [6, 6.07) is 19.6.